The van der Waals surface area contributed by atoms with E-state index >= 15 is 0 Å². The molecule has 0 spiro atoms. The molecule has 1 N–H and O–H groups in total. The van der Waals surface area contributed by atoms with Gasteiger partial charge >= 0.3 is 0 Å². The van der Waals surface area contributed by atoms with E-state index in [1.165, 1.54) is 18.2 Å². The summed E-state index contributed by atoms with van der Waals surface area (Å²) in [5.41, 5.74) is 2.19. The number of nitrogens with one attached hydrogen (secondary N) is 1. The van der Waals surface area contributed by atoms with E-state index in [-0.39, 0.29) is 17.3 Å². The Bertz CT molecular complexity index is 1090. The highest BCUT2D eigenvalue weighted by Crippen LogP contribution is 2.19. The van der Waals surface area contributed by atoms with Crippen molar-refractivity contribution in [3.63, 3.8) is 0 Å². The summed E-state index contributed by atoms with van der Waals surface area (Å²) in [6.45, 7) is 1.85. The number of hydrogen-bond donors (Lipinski definition) is 1. The van der Waals surface area contributed by atoms with E-state index in [9.17, 15) is 20.2 Å². The zero-order valence-corrected chi connectivity index (χ0v) is 15.6. The molecule has 0 bridgehead atoms. The van der Waals surface area contributed by atoms with Crippen molar-refractivity contribution in [3.05, 3.63) is 99.9 Å². The number of amides is 1. The van der Waals surface area contributed by atoms with E-state index in [4.69, 9.17) is 0 Å². The molecule has 29 heavy (non-hydrogen) atoms. The van der Waals surface area contributed by atoms with Crippen LogP contribution in [0, 0.1) is 21.4 Å². The normalized spacial score (nSPS) is 12.1. The van der Waals surface area contributed by atoms with Crippen molar-refractivity contribution in [2.75, 3.05) is 0 Å². The number of carbonyl (C=O) groups excluding carboxylic acids is 1. The summed E-state index contributed by atoms with van der Waals surface area (Å²) < 4.78 is 1.75. The van der Waals surface area contributed by atoms with Gasteiger partial charge in [0.1, 0.15) is 11.6 Å². The highest BCUT2D eigenvalue weighted by Gasteiger charge is 2.15. The molecule has 1 aromatic heterocycles. The predicted octanol–water partition coefficient (Wildman–Crippen LogP) is 4.17. The van der Waals surface area contributed by atoms with Crippen molar-refractivity contribution >= 4 is 17.7 Å². The van der Waals surface area contributed by atoms with Crippen molar-refractivity contribution in [2.45, 2.75) is 13.0 Å². The van der Waals surface area contributed by atoms with Gasteiger partial charge in [0.05, 0.1) is 11.0 Å². The highest BCUT2D eigenvalue weighted by atomic mass is 16.6. The molecule has 0 saturated carbocycles. The molecular weight excluding hydrogens is 368 g/mol. The van der Waals surface area contributed by atoms with Crippen LogP contribution < -0.4 is 5.32 Å². The van der Waals surface area contributed by atoms with Crippen LogP contribution in [-0.4, -0.2) is 15.4 Å². The predicted molar refractivity (Wildman–Crippen MR) is 109 cm³/mol. The summed E-state index contributed by atoms with van der Waals surface area (Å²) >= 11 is 0. The van der Waals surface area contributed by atoms with Crippen LogP contribution in [0.1, 0.15) is 24.2 Å². The van der Waals surface area contributed by atoms with E-state index in [0.29, 0.717) is 11.4 Å². The van der Waals surface area contributed by atoms with Crippen molar-refractivity contribution in [1.29, 1.82) is 5.26 Å². The second-order valence-electron chi connectivity index (χ2n) is 6.35. The third kappa shape index (κ3) is 4.57. The molecule has 0 unspecified atom stereocenters. The van der Waals surface area contributed by atoms with Gasteiger partial charge in [-0.25, -0.2) is 0 Å². The third-order valence-electron chi connectivity index (χ3n) is 4.42. The number of hydrogen-bond acceptors (Lipinski definition) is 4. The molecule has 7 nitrogen and oxygen atoms in total. The summed E-state index contributed by atoms with van der Waals surface area (Å²) in [5.74, 6) is -0.472. The van der Waals surface area contributed by atoms with Crippen LogP contribution in [0.3, 0.4) is 0 Å². The summed E-state index contributed by atoms with van der Waals surface area (Å²) in [5, 5.41) is 23.1. The fourth-order valence-corrected chi connectivity index (χ4v) is 2.88. The van der Waals surface area contributed by atoms with Gasteiger partial charge in [0.2, 0.25) is 0 Å². The minimum atomic E-state index is -0.472. The van der Waals surface area contributed by atoms with E-state index in [0.717, 1.165) is 5.56 Å². The number of nitriles is 1. The van der Waals surface area contributed by atoms with Gasteiger partial charge in [0.15, 0.2) is 0 Å². The van der Waals surface area contributed by atoms with E-state index < -0.39 is 10.8 Å². The Morgan fingerprint density at radius 1 is 1.14 bits per heavy atom. The lowest BCUT2D eigenvalue weighted by Crippen LogP contribution is -2.27. The Balaban J connectivity index is 1.83. The fourth-order valence-electron chi connectivity index (χ4n) is 2.88. The Labute approximate surface area is 167 Å². The van der Waals surface area contributed by atoms with Gasteiger partial charge in [-0.3, -0.25) is 14.9 Å². The van der Waals surface area contributed by atoms with E-state index in [2.05, 4.69) is 5.32 Å². The number of aromatic nitrogens is 1. The van der Waals surface area contributed by atoms with Crippen molar-refractivity contribution < 1.29 is 9.72 Å². The molecular formula is C22H18N4O3. The molecule has 0 aliphatic rings. The summed E-state index contributed by atoms with van der Waals surface area (Å²) in [4.78, 5) is 22.9. The third-order valence-corrected chi connectivity index (χ3v) is 4.42. The average Bonchev–Trinajstić information content (AvgIpc) is 3.20. The van der Waals surface area contributed by atoms with Gasteiger partial charge in [-0.15, -0.1) is 0 Å². The summed E-state index contributed by atoms with van der Waals surface area (Å²) in [6, 6.07) is 20.7. The number of rotatable bonds is 6. The SMILES string of the molecule is C[C@H](NC(=O)/C(C#N)=C\c1cccn1-c1ccc([N+](=O)[O-])cc1)c1ccccc1. The minimum absolute atomic E-state index is 0.00927. The van der Waals surface area contributed by atoms with Gasteiger partial charge < -0.3 is 9.88 Å². The highest BCUT2D eigenvalue weighted by molar-refractivity contribution is 6.01. The standard InChI is InChI=1S/C22H18N4O3/c1-16(17-6-3-2-4-7-17)24-22(27)18(15-23)14-21-8-5-13-25(21)19-9-11-20(12-10-19)26(28)29/h2-14,16H,1H3,(H,24,27)/b18-14-/t16-/m0/s1. The number of carbonyl (C=O) groups is 1. The molecule has 1 heterocycles. The number of nitro benzene ring substituents is 1. The van der Waals surface area contributed by atoms with Crippen LogP contribution in [0.25, 0.3) is 11.8 Å². The molecule has 0 saturated heterocycles. The summed E-state index contributed by atoms with van der Waals surface area (Å²) in [6.07, 6.45) is 3.25. The average molecular weight is 386 g/mol. The molecule has 3 rings (SSSR count). The van der Waals surface area contributed by atoms with Gasteiger partial charge in [0.25, 0.3) is 11.6 Å². The molecule has 1 amide bonds. The molecule has 0 aliphatic heterocycles. The smallest absolute Gasteiger partial charge is 0.269 e. The zero-order chi connectivity index (χ0) is 20.8. The zero-order valence-electron chi connectivity index (χ0n) is 15.6. The Hall–Kier alpha value is -4.18. The monoisotopic (exact) mass is 386 g/mol. The quantitative estimate of drug-likeness (QED) is 0.297. The first kappa shape index (κ1) is 19.6. The van der Waals surface area contributed by atoms with E-state index in [1.54, 1.807) is 35.0 Å². The van der Waals surface area contributed by atoms with Gasteiger partial charge in [-0.2, -0.15) is 5.26 Å². The van der Waals surface area contributed by atoms with Crippen molar-refractivity contribution in [2.24, 2.45) is 0 Å². The Morgan fingerprint density at radius 3 is 2.45 bits per heavy atom. The fraction of sp³-hybridized carbons (Fsp3) is 0.0909. The Kier molecular flexibility index (Phi) is 5.85. The topological polar surface area (TPSA) is 101 Å². The second-order valence-corrected chi connectivity index (χ2v) is 6.35. The maximum absolute atomic E-state index is 12.6. The lowest BCUT2D eigenvalue weighted by Gasteiger charge is -2.14. The lowest BCUT2D eigenvalue weighted by atomic mass is 10.1. The second kappa shape index (κ2) is 8.67. The lowest BCUT2D eigenvalue weighted by molar-refractivity contribution is -0.384. The maximum atomic E-state index is 12.6. The molecule has 0 aliphatic carbocycles. The molecule has 144 valence electrons. The first-order valence-corrected chi connectivity index (χ1v) is 8.89. The molecule has 1 atom stereocenters. The van der Waals surface area contributed by atoms with Gasteiger partial charge in [-0.05, 0) is 42.8 Å². The molecule has 2 aromatic carbocycles. The summed E-state index contributed by atoms with van der Waals surface area (Å²) in [7, 11) is 0. The van der Waals surface area contributed by atoms with Crippen LogP contribution in [0.2, 0.25) is 0 Å². The van der Waals surface area contributed by atoms with Crippen LogP contribution in [-0.2, 0) is 4.79 Å². The molecule has 0 fully saturated rings. The van der Waals surface area contributed by atoms with Crippen LogP contribution >= 0.6 is 0 Å². The first-order chi connectivity index (χ1) is 14.0. The van der Waals surface area contributed by atoms with Crippen LogP contribution in [0.5, 0.6) is 0 Å². The van der Waals surface area contributed by atoms with Gasteiger partial charge in [-0.1, -0.05) is 30.3 Å². The minimum Gasteiger partial charge on any atom is -0.345 e. The molecule has 0 radical (unpaired) electrons. The number of non-ortho nitro benzene ring substituents is 1. The molecule has 3 aromatic rings. The van der Waals surface area contributed by atoms with Gasteiger partial charge in [0, 0.05) is 29.7 Å². The van der Waals surface area contributed by atoms with Crippen molar-refractivity contribution in [3.8, 4) is 11.8 Å². The number of nitro groups is 1. The van der Waals surface area contributed by atoms with Crippen LogP contribution in [0.4, 0.5) is 5.69 Å². The van der Waals surface area contributed by atoms with E-state index in [1.807, 2.05) is 43.3 Å². The molecule has 7 heteroatoms. The van der Waals surface area contributed by atoms with Crippen molar-refractivity contribution in [1.82, 2.24) is 9.88 Å². The first-order valence-electron chi connectivity index (χ1n) is 8.89. The largest absolute Gasteiger partial charge is 0.345 e. The van der Waals surface area contributed by atoms with Crippen LogP contribution in [0.15, 0.2) is 78.5 Å². The number of nitrogens with zero attached hydrogens (tertiary/aromatic N) is 3. The number of benzene rings is 2. The maximum Gasteiger partial charge on any atom is 0.269 e. The Morgan fingerprint density at radius 2 is 1.83 bits per heavy atom.